The topological polar surface area (TPSA) is 26.0 Å². The molecule has 0 bridgehead atoms. The van der Waals surface area contributed by atoms with Gasteiger partial charge >= 0.3 is 0 Å². The third-order valence-corrected chi connectivity index (χ3v) is 2.86. The zero-order valence-corrected chi connectivity index (χ0v) is 7.29. The first kappa shape index (κ1) is 7.76. The summed E-state index contributed by atoms with van der Waals surface area (Å²) in [4.78, 5) is 1.42. The SMILES string of the molecule is Cc1scc(CCN)c1C. The predicted molar refractivity (Wildman–Crippen MR) is 46.6 cm³/mol. The Hall–Kier alpha value is -0.340. The first-order valence-electron chi connectivity index (χ1n) is 3.49. The summed E-state index contributed by atoms with van der Waals surface area (Å²) in [6.07, 6.45) is 1.02. The maximum atomic E-state index is 5.44. The van der Waals surface area contributed by atoms with Crippen molar-refractivity contribution in [3.8, 4) is 0 Å². The van der Waals surface area contributed by atoms with Crippen LogP contribution in [-0.2, 0) is 6.42 Å². The molecule has 0 radical (unpaired) electrons. The first-order valence-corrected chi connectivity index (χ1v) is 4.37. The second-order valence-electron chi connectivity index (χ2n) is 2.48. The van der Waals surface area contributed by atoms with Gasteiger partial charge in [-0.25, -0.2) is 0 Å². The van der Waals surface area contributed by atoms with E-state index in [0.29, 0.717) is 0 Å². The van der Waals surface area contributed by atoms with Crippen LogP contribution in [0.15, 0.2) is 5.38 Å². The highest BCUT2D eigenvalue weighted by Gasteiger charge is 2.00. The van der Waals surface area contributed by atoms with Crippen molar-refractivity contribution in [1.29, 1.82) is 0 Å². The van der Waals surface area contributed by atoms with Crippen LogP contribution in [-0.4, -0.2) is 6.54 Å². The summed E-state index contributed by atoms with van der Waals surface area (Å²) in [5, 5.41) is 2.21. The number of aryl methyl sites for hydroxylation is 1. The van der Waals surface area contributed by atoms with Gasteiger partial charge in [0.15, 0.2) is 0 Å². The monoisotopic (exact) mass is 155 g/mol. The maximum absolute atomic E-state index is 5.44. The van der Waals surface area contributed by atoms with Gasteiger partial charge in [-0.3, -0.25) is 0 Å². The van der Waals surface area contributed by atoms with Crippen molar-refractivity contribution < 1.29 is 0 Å². The molecule has 1 aromatic heterocycles. The molecule has 0 amide bonds. The molecule has 56 valence electrons. The Bertz CT molecular complexity index is 215. The average molecular weight is 155 g/mol. The highest BCUT2D eigenvalue weighted by molar-refractivity contribution is 7.10. The van der Waals surface area contributed by atoms with E-state index in [9.17, 15) is 0 Å². The molecule has 0 aliphatic heterocycles. The number of nitrogens with two attached hydrogens (primary N) is 1. The van der Waals surface area contributed by atoms with Crippen LogP contribution in [0.4, 0.5) is 0 Å². The molecule has 0 aromatic carbocycles. The third kappa shape index (κ3) is 1.39. The Balaban J connectivity index is 2.83. The van der Waals surface area contributed by atoms with Gasteiger partial charge in [0.25, 0.3) is 0 Å². The summed E-state index contributed by atoms with van der Waals surface area (Å²) < 4.78 is 0. The van der Waals surface area contributed by atoms with Crippen molar-refractivity contribution in [3.05, 3.63) is 21.4 Å². The van der Waals surface area contributed by atoms with E-state index in [4.69, 9.17) is 5.73 Å². The van der Waals surface area contributed by atoms with E-state index in [2.05, 4.69) is 19.2 Å². The van der Waals surface area contributed by atoms with Crippen molar-refractivity contribution >= 4 is 11.3 Å². The molecule has 0 aliphatic rings. The van der Waals surface area contributed by atoms with E-state index >= 15 is 0 Å². The second kappa shape index (κ2) is 3.17. The fraction of sp³-hybridized carbons (Fsp3) is 0.500. The fourth-order valence-electron chi connectivity index (χ4n) is 0.964. The molecule has 10 heavy (non-hydrogen) atoms. The fourth-order valence-corrected chi connectivity index (χ4v) is 1.89. The minimum absolute atomic E-state index is 0.761. The molecule has 0 aliphatic carbocycles. The largest absolute Gasteiger partial charge is 0.330 e. The van der Waals surface area contributed by atoms with Crippen molar-refractivity contribution in [2.24, 2.45) is 5.73 Å². The minimum atomic E-state index is 0.761. The van der Waals surface area contributed by atoms with E-state index in [-0.39, 0.29) is 0 Å². The predicted octanol–water partition coefficient (Wildman–Crippen LogP) is 1.87. The van der Waals surface area contributed by atoms with E-state index in [1.807, 2.05) is 11.3 Å². The van der Waals surface area contributed by atoms with E-state index in [0.717, 1.165) is 13.0 Å². The highest BCUT2D eigenvalue weighted by atomic mass is 32.1. The number of hydrogen-bond donors (Lipinski definition) is 1. The molecule has 1 nitrogen and oxygen atoms in total. The Morgan fingerprint density at radius 1 is 1.50 bits per heavy atom. The molecule has 0 spiro atoms. The van der Waals surface area contributed by atoms with Gasteiger partial charge in [-0.1, -0.05) is 0 Å². The van der Waals surface area contributed by atoms with Gasteiger partial charge in [0.2, 0.25) is 0 Å². The standard InChI is InChI=1S/C8H13NS/c1-6-7(2)10-5-8(6)3-4-9/h5H,3-4,9H2,1-2H3. The molecule has 1 rings (SSSR count). The smallest absolute Gasteiger partial charge is 0.00462 e. The molecular formula is C8H13NS. The minimum Gasteiger partial charge on any atom is -0.330 e. The molecule has 0 unspecified atom stereocenters. The van der Waals surface area contributed by atoms with Gasteiger partial charge < -0.3 is 5.73 Å². The third-order valence-electron chi connectivity index (χ3n) is 1.80. The molecule has 0 saturated heterocycles. The Morgan fingerprint density at radius 3 is 2.60 bits per heavy atom. The molecular weight excluding hydrogens is 142 g/mol. The average Bonchev–Trinajstić information content (AvgIpc) is 2.20. The van der Waals surface area contributed by atoms with Crippen LogP contribution < -0.4 is 5.73 Å². The summed E-state index contributed by atoms with van der Waals surface area (Å²) in [5.74, 6) is 0. The molecule has 1 heterocycles. The van der Waals surface area contributed by atoms with Crippen LogP contribution >= 0.6 is 11.3 Å². The summed E-state index contributed by atoms with van der Waals surface area (Å²) in [7, 11) is 0. The van der Waals surface area contributed by atoms with Crippen molar-refractivity contribution in [3.63, 3.8) is 0 Å². The molecule has 0 fully saturated rings. The number of rotatable bonds is 2. The summed E-state index contributed by atoms with van der Waals surface area (Å²) in [5.41, 5.74) is 8.29. The molecule has 2 heteroatoms. The van der Waals surface area contributed by atoms with Crippen molar-refractivity contribution in [2.45, 2.75) is 20.3 Å². The highest BCUT2D eigenvalue weighted by Crippen LogP contribution is 2.20. The normalized spacial score (nSPS) is 10.3. The van der Waals surface area contributed by atoms with Gasteiger partial charge in [-0.2, -0.15) is 0 Å². The van der Waals surface area contributed by atoms with Crippen LogP contribution in [0.2, 0.25) is 0 Å². The Labute approximate surface area is 65.9 Å². The molecule has 1 aromatic rings. The van der Waals surface area contributed by atoms with E-state index in [1.54, 1.807) is 0 Å². The zero-order valence-electron chi connectivity index (χ0n) is 6.48. The van der Waals surface area contributed by atoms with Crippen LogP contribution in [0, 0.1) is 13.8 Å². The molecule has 0 saturated carbocycles. The lowest BCUT2D eigenvalue weighted by Gasteiger charge is -1.95. The Kier molecular flexibility index (Phi) is 2.46. The quantitative estimate of drug-likeness (QED) is 0.693. The lowest BCUT2D eigenvalue weighted by molar-refractivity contribution is 0.963. The van der Waals surface area contributed by atoms with Gasteiger partial charge in [0, 0.05) is 4.88 Å². The van der Waals surface area contributed by atoms with Gasteiger partial charge in [-0.05, 0) is 43.3 Å². The first-order chi connectivity index (χ1) is 4.75. The molecule has 2 N–H and O–H groups in total. The maximum Gasteiger partial charge on any atom is 0.00462 e. The van der Waals surface area contributed by atoms with E-state index in [1.165, 1.54) is 16.0 Å². The summed E-state index contributed by atoms with van der Waals surface area (Å²) in [6, 6.07) is 0. The number of thiophene rings is 1. The van der Waals surface area contributed by atoms with E-state index < -0.39 is 0 Å². The Morgan fingerprint density at radius 2 is 2.20 bits per heavy atom. The van der Waals surface area contributed by atoms with Crippen LogP contribution in [0.25, 0.3) is 0 Å². The van der Waals surface area contributed by atoms with Crippen LogP contribution in [0.3, 0.4) is 0 Å². The number of hydrogen-bond acceptors (Lipinski definition) is 2. The van der Waals surface area contributed by atoms with Crippen LogP contribution in [0.1, 0.15) is 16.0 Å². The van der Waals surface area contributed by atoms with Gasteiger partial charge in [0.1, 0.15) is 0 Å². The second-order valence-corrected chi connectivity index (χ2v) is 3.56. The summed E-state index contributed by atoms with van der Waals surface area (Å²) in [6.45, 7) is 5.08. The van der Waals surface area contributed by atoms with Crippen molar-refractivity contribution in [1.82, 2.24) is 0 Å². The molecule has 0 atom stereocenters. The zero-order chi connectivity index (χ0) is 7.56. The van der Waals surface area contributed by atoms with Crippen LogP contribution in [0.5, 0.6) is 0 Å². The van der Waals surface area contributed by atoms with Gasteiger partial charge in [0.05, 0.1) is 0 Å². The van der Waals surface area contributed by atoms with Crippen molar-refractivity contribution in [2.75, 3.05) is 6.54 Å². The summed E-state index contributed by atoms with van der Waals surface area (Å²) >= 11 is 1.82. The lowest BCUT2D eigenvalue weighted by Crippen LogP contribution is -2.02. The van der Waals surface area contributed by atoms with Gasteiger partial charge in [-0.15, -0.1) is 11.3 Å². The lowest BCUT2D eigenvalue weighted by atomic mass is 10.1.